The third kappa shape index (κ3) is 7.93. The number of benzene rings is 1. The molecule has 0 aromatic heterocycles. The highest BCUT2D eigenvalue weighted by atomic mass is 32.2. The lowest BCUT2D eigenvalue weighted by atomic mass is 9.97. The molecule has 1 aromatic carbocycles. The first-order chi connectivity index (χ1) is 11.0. The van der Waals surface area contributed by atoms with Crippen LogP contribution in [0, 0.1) is 11.3 Å². The van der Waals surface area contributed by atoms with Gasteiger partial charge in [-0.1, -0.05) is 46.8 Å². The van der Waals surface area contributed by atoms with Crippen molar-refractivity contribution in [3.63, 3.8) is 0 Å². The molecule has 0 unspecified atom stereocenters. The molecule has 0 saturated carbocycles. The molecule has 0 aliphatic carbocycles. The number of carbonyl (C=O) groups excluding carboxylic acids is 1. The van der Waals surface area contributed by atoms with Crippen LogP contribution in [0.2, 0.25) is 0 Å². The highest BCUT2D eigenvalue weighted by Crippen LogP contribution is 2.13. The average Bonchev–Trinajstić information content (AvgIpc) is 2.49. The average molecular weight is 355 g/mol. The Morgan fingerprint density at radius 2 is 1.71 bits per heavy atom. The summed E-state index contributed by atoms with van der Waals surface area (Å²) in [5, 5.41) is 2.91. The lowest BCUT2D eigenvalue weighted by Crippen LogP contribution is -2.32. The van der Waals surface area contributed by atoms with Gasteiger partial charge < -0.3 is 5.32 Å². The molecule has 0 bridgehead atoms. The zero-order chi connectivity index (χ0) is 18.4. The summed E-state index contributed by atoms with van der Waals surface area (Å²) in [6.45, 7) is 11.2. The summed E-state index contributed by atoms with van der Waals surface area (Å²) in [7, 11) is -3.46. The number of aryl methyl sites for hydroxylation is 1. The first-order valence-electron chi connectivity index (χ1n) is 8.35. The Bertz CT molecular complexity index is 629. The molecule has 0 atom stereocenters. The molecule has 0 radical (unpaired) electrons. The van der Waals surface area contributed by atoms with Crippen LogP contribution in [-0.4, -0.2) is 27.4 Å². The molecule has 2 N–H and O–H groups in total. The summed E-state index contributed by atoms with van der Waals surface area (Å²) in [6.07, 6.45) is 0.990. The van der Waals surface area contributed by atoms with E-state index in [1.807, 2.05) is 13.8 Å². The minimum absolute atomic E-state index is 0.0141. The van der Waals surface area contributed by atoms with E-state index in [1.54, 1.807) is 24.3 Å². The van der Waals surface area contributed by atoms with Gasteiger partial charge in [0.25, 0.3) is 0 Å². The molecule has 0 fully saturated rings. The van der Waals surface area contributed by atoms with Gasteiger partial charge in [-0.25, -0.2) is 13.1 Å². The Morgan fingerprint density at radius 3 is 2.21 bits per heavy atom. The van der Waals surface area contributed by atoms with Crippen LogP contribution in [0.3, 0.4) is 0 Å². The lowest BCUT2D eigenvalue weighted by Gasteiger charge is -2.18. The van der Waals surface area contributed by atoms with Crippen LogP contribution < -0.4 is 10.0 Å². The minimum atomic E-state index is -3.46. The normalized spacial score (nSPS) is 12.4. The van der Waals surface area contributed by atoms with Gasteiger partial charge in [0, 0.05) is 19.5 Å². The molecular weight excluding hydrogens is 324 g/mol. The van der Waals surface area contributed by atoms with Crippen LogP contribution in [0.1, 0.15) is 46.6 Å². The van der Waals surface area contributed by atoms with E-state index in [9.17, 15) is 13.2 Å². The highest BCUT2D eigenvalue weighted by Gasteiger charge is 2.14. The Labute approximate surface area is 146 Å². The van der Waals surface area contributed by atoms with E-state index >= 15 is 0 Å². The van der Waals surface area contributed by atoms with Crippen molar-refractivity contribution < 1.29 is 13.2 Å². The quantitative estimate of drug-likeness (QED) is 0.754. The van der Waals surface area contributed by atoms with Crippen LogP contribution in [0.25, 0.3) is 0 Å². The maximum absolute atomic E-state index is 12.1. The summed E-state index contributed by atoms with van der Waals surface area (Å²) in [4.78, 5) is 12.1. The molecule has 1 rings (SSSR count). The molecule has 1 amide bonds. The van der Waals surface area contributed by atoms with Gasteiger partial charge in [0.15, 0.2) is 0 Å². The van der Waals surface area contributed by atoms with Gasteiger partial charge in [0.1, 0.15) is 0 Å². The molecule has 136 valence electrons. The number of hydrogen-bond donors (Lipinski definition) is 2. The van der Waals surface area contributed by atoms with Crippen LogP contribution in [-0.2, 0) is 21.2 Å². The van der Waals surface area contributed by atoms with Crippen molar-refractivity contribution in [1.29, 1.82) is 0 Å². The van der Waals surface area contributed by atoms with Crippen LogP contribution >= 0.6 is 0 Å². The van der Waals surface area contributed by atoms with E-state index in [1.165, 1.54) is 0 Å². The first-order valence-corrected chi connectivity index (χ1v) is 9.83. The predicted octanol–water partition coefficient (Wildman–Crippen LogP) is 2.72. The van der Waals surface area contributed by atoms with Gasteiger partial charge in [-0.15, -0.1) is 0 Å². The van der Waals surface area contributed by atoms with Gasteiger partial charge in [-0.05, 0) is 35.4 Å². The smallest absolute Gasteiger partial charge is 0.240 e. The molecule has 0 saturated heterocycles. The predicted molar refractivity (Wildman–Crippen MR) is 97.3 cm³/mol. The van der Waals surface area contributed by atoms with E-state index in [4.69, 9.17) is 0 Å². The first kappa shape index (κ1) is 20.6. The van der Waals surface area contributed by atoms with Crippen LogP contribution in [0.15, 0.2) is 29.2 Å². The molecule has 5 nitrogen and oxygen atoms in total. The van der Waals surface area contributed by atoms with Crippen LogP contribution in [0.5, 0.6) is 0 Å². The molecule has 24 heavy (non-hydrogen) atoms. The highest BCUT2D eigenvalue weighted by molar-refractivity contribution is 7.89. The minimum Gasteiger partial charge on any atom is -0.356 e. The molecule has 0 aliphatic rings. The van der Waals surface area contributed by atoms with Crippen molar-refractivity contribution in [1.82, 2.24) is 10.0 Å². The number of sulfonamides is 1. The van der Waals surface area contributed by atoms with Gasteiger partial charge in [-0.3, -0.25) is 4.79 Å². The van der Waals surface area contributed by atoms with E-state index in [0.29, 0.717) is 25.9 Å². The fourth-order valence-electron chi connectivity index (χ4n) is 1.90. The fourth-order valence-corrected chi connectivity index (χ4v) is 3.12. The van der Waals surface area contributed by atoms with Crippen molar-refractivity contribution in [2.45, 2.75) is 52.4 Å². The van der Waals surface area contributed by atoms with E-state index in [0.717, 1.165) is 5.56 Å². The second-order valence-corrected chi connectivity index (χ2v) is 9.49. The maximum Gasteiger partial charge on any atom is 0.240 e. The number of amides is 1. The summed E-state index contributed by atoms with van der Waals surface area (Å²) < 4.78 is 26.8. The van der Waals surface area contributed by atoms with E-state index < -0.39 is 10.0 Å². The van der Waals surface area contributed by atoms with Crippen molar-refractivity contribution in [2.75, 3.05) is 13.1 Å². The molecule has 0 spiro atoms. The summed E-state index contributed by atoms with van der Waals surface area (Å²) in [5.74, 6) is 0.269. The standard InChI is InChI=1S/C18H30N2O3S/c1-14(2)12-20-24(22,23)16-9-6-15(7-10-16)8-11-17(21)19-13-18(3,4)5/h6-7,9-10,14,20H,8,11-13H2,1-5H3,(H,19,21). The van der Waals surface area contributed by atoms with E-state index in [2.05, 4.69) is 30.8 Å². The number of hydrogen-bond acceptors (Lipinski definition) is 3. The Balaban J connectivity index is 2.54. The second kappa shape index (κ2) is 8.62. The number of nitrogens with one attached hydrogen (secondary N) is 2. The number of rotatable bonds is 8. The van der Waals surface area contributed by atoms with E-state index in [-0.39, 0.29) is 22.1 Å². The molecule has 0 heterocycles. The van der Waals surface area contributed by atoms with Crippen molar-refractivity contribution in [3.8, 4) is 0 Å². The Kier molecular flexibility index (Phi) is 7.42. The summed E-state index contributed by atoms with van der Waals surface area (Å²) in [5.41, 5.74) is 1.01. The van der Waals surface area contributed by atoms with Crippen molar-refractivity contribution in [2.24, 2.45) is 11.3 Å². The topological polar surface area (TPSA) is 75.3 Å². The van der Waals surface area contributed by atoms with Gasteiger partial charge in [0.2, 0.25) is 15.9 Å². The number of carbonyl (C=O) groups is 1. The SMILES string of the molecule is CC(C)CNS(=O)(=O)c1ccc(CCC(=O)NCC(C)(C)C)cc1. The van der Waals surface area contributed by atoms with Gasteiger partial charge in [0.05, 0.1) is 4.90 Å². The summed E-state index contributed by atoms with van der Waals surface area (Å²) in [6, 6.07) is 6.71. The van der Waals surface area contributed by atoms with Gasteiger partial charge in [-0.2, -0.15) is 0 Å². The zero-order valence-corrected chi connectivity index (χ0v) is 16.2. The Hall–Kier alpha value is -1.40. The molecule has 6 heteroatoms. The van der Waals surface area contributed by atoms with Gasteiger partial charge >= 0.3 is 0 Å². The van der Waals surface area contributed by atoms with Crippen molar-refractivity contribution >= 4 is 15.9 Å². The van der Waals surface area contributed by atoms with Crippen molar-refractivity contribution in [3.05, 3.63) is 29.8 Å². The third-order valence-corrected chi connectivity index (χ3v) is 4.81. The fraction of sp³-hybridized carbons (Fsp3) is 0.611. The monoisotopic (exact) mass is 354 g/mol. The second-order valence-electron chi connectivity index (χ2n) is 7.73. The molecular formula is C18H30N2O3S. The van der Waals surface area contributed by atoms with Crippen LogP contribution in [0.4, 0.5) is 0 Å². The Morgan fingerprint density at radius 1 is 1.12 bits per heavy atom. The lowest BCUT2D eigenvalue weighted by molar-refractivity contribution is -0.121. The largest absolute Gasteiger partial charge is 0.356 e. The summed E-state index contributed by atoms with van der Waals surface area (Å²) >= 11 is 0. The maximum atomic E-state index is 12.1. The third-order valence-electron chi connectivity index (χ3n) is 3.37. The molecule has 1 aromatic rings. The molecule has 0 aliphatic heterocycles. The zero-order valence-electron chi connectivity index (χ0n) is 15.3.